The molecule has 1 amide bonds. The first-order valence-electron chi connectivity index (χ1n) is 8.62. The van der Waals surface area contributed by atoms with Gasteiger partial charge in [-0.1, -0.05) is 25.0 Å². The highest BCUT2D eigenvalue weighted by molar-refractivity contribution is 5.79. The minimum Gasteiger partial charge on any atom is -0.351 e. The van der Waals surface area contributed by atoms with Crippen LogP contribution in [0.4, 0.5) is 4.39 Å². The van der Waals surface area contributed by atoms with Gasteiger partial charge in [0.05, 0.1) is 6.54 Å². The minimum absolute atomic E-state index is 0.0766. The number of amides is 1. The molecule has 126 valence electrons. The van der Waals surface area contributed by atoms with Gasteiger partial charge in [0, 0.05) is 25.2 Å². The lowest BCUT2D eigenvalue weighted by Gasteiger charge is -2.38. The smallest absolute Gasteiger partial charge is 0.234 e. The summed E-state index contributed by atoms with van der Waals surface area (Å²) in [6.07, 6.45) is 5.48. The number of hydrogen-bond acceptors (Lipinski definition) is 3. The van der Waals surface area contributed by atoms with Crippen molar-refractivity contribution in [2.75, 3.05) is 19.6 Å². The lowest BCUT2D eigenvalue weighted by atomic mass is 9.84. The Morgan fingerprint density at radius 3 is 2.70 bits per heavy atom. The molecule has 3 rings (SSSR count). The number of benzene rings is 1. The molecular weight excluding hydrogens is 293 g/mol. The summed E-state index contributed by atoms with van der Waals surface area (Å²) in [5, 5.41) is 3.05. The highest BCUT2D eigenvalue weighted by Crippen LogP contribution is 2.24. The van der Waals surface area contributed by atoms with Crippen LogP contribution in [0, 0.1) is 11.7 Å². The van der Waals surface area contributed by atoms with E-state index in [9.17, 15) is 9.18 Å². The number of hydrogen-bond donors (Lipinski definition) is 2. The topological polar surface area (TPSA) is 58.4 Å². The molecule has 1 saturated heterocycles. The van der Waals surface area contributed by atoms with Gasteiger partial charge in [0.2, 0.25) is 5.91 Å². The molecule has 3 N–H and O–H groups in total. The molecule has 0 unspecified atom stereocenters. The zero-order valence-electron chi connectivity index (χ0n) is 13.5. The Morgan fingerprint density at radius 1 is 1.22 bits per heavy atom. The average molecular weight is 319 g/mol. The number of nitrogens with two attached hydrogens (primary N) is 1. The van der Waals surface area contributed by atoms with Gasteiger partial charge < -0.3 is 11.1 Å². The molecule has 1 heterocycles. The summed E-state index contributed by atoms with van der Waals surface area (Å²) in [5.41, 5.74) is 7.29. The molecule has 0 radical (unpaired) electrons. The quantitative estimate of drug-likeness (QED) is 0.888. The number of nitrogens with zero attached hydrogens (tertiary/aromatic N) is 1. The van der Waals surface area contributed by atoms with Crippen molar-refractivity contribution in [3.8, 4) is 0 Å². The third kappa shape index (κ3) is 4.52. The molecule has 0 aromatic heterocycles. The van der Waals surface area contributed by atoms with E-state index in [1.54, 1.807) is 12.1 Å². The van der Waals surface area contributed by atoms with E-state index in [4.69, 9.17) is 5.73 Å². The van der Waals surface area contributed by atoms with Crippen LogP contribution in [0.3, 0.4) is 0 Å². The fraction of sp³-hybridized carbons (Fsp3) is 0.611. The Morgan fingerprint density at radius 2 is 1.96 bits per heavy atom. The summed E-state index contributed by atoms with van der Waals surface area (Å²) in [6.45, 7) is 2.21. The molecule has 0 bridgehead atoms. The Kier molecular flexibility index (Phi) is 5.28. The van der Waals surface area contributed by atoms with Gasteiger partial charge in [0.1, 0.15) is 5.82 Å². The molecule has 5 heteroatoms. The number of piperazine rings is 1. The van der Waals surface area contributed by atoms with Crippen LogP contribution in [-0.4, -0.2) is 42.5 Å². The zero-order chi connectivity index (χ0) is 16.2. The van der Waals surface area contributed by atoms with Crippen molar-refractivity contribution in [3.63, 3.8) is 0 Å². The molecule has 1 saturated carbocycles. The van der Waals surface area contributed by atoms with Gasteiger partial charge in [-0.2, -0.15) is 0 Å². The van der Waals surface area contributed by atoms with Crippen LogP contribution in [0.1, 0.15) is 31.2 Å². The van der Waals surface area contributed by atoms with E-state index in [1.807, 2.05) is 0 Å². The Hall–Kier alpha value is -1.46. The van der Waals surface area contributed by atoms with Crippen LogP contribution < -0.4 is 11.1 Å². The highest BCUT2D eigenvalue weighted by atomic mass is 19.1. The Balaban J connectivity index is 1.57. The zero-order valence-corrected chi connectivity index (χ0v) is 13.5. The van der Waals surface area contributed by atoms with Crippen LogP contribution >= 0.6 is 0 Å². The summed E-state index contributed by atoms with van der Waals surface area (Å²) in [4.78, 5) is 14.2. The molecule has 3 atom stereocenters. The van der Waals surface area contributed by atoms with Gasteiger partial charge in [-0.3, -0.25) is 9.69 Å². The maximum absolute atomic E-state index is 13.0. The SMILES string of the molecule is N[C@@H]1CCCC[C@H]1CN1CC(=O)N[C@@H](Cc2ccc(F)cc2)C1. The van der Waals surface area contributed by atoms with Gasteiger partial charge in [0.15, 0.2) is 0 Å². The van der Waals surface area contributed by atoms with Gasteiger partial charge in [-0.05, 0) is 42.9 Å². The second-order valence-corrected chi connectivity index (χ2v) is 7.00. The first-order valence-corrected chi connectivity index (χ1v) is 8.62. The van der Waals surface area contributed by atoms with E-state index in [0.29, 0.717) is 12.5 Å². The van der Waals surface area contributed by atoms with Crippen LogP contribution in [0.15, 0.2) is 24.3 Å². The summed E-state index contributed by atoms with van der Waals surface area (Å²) in [7, 11) is 0. The van der Waals surface area contributed by atoms with Crippen LogP contribution in [-0.2, 0) is 11.2 Å². The molecule has 23 heavy (non-hydrogen) atoms. The lowest BCUT2D eigenvalue weighted by molar-refractivity contribution is -0.125. The predicted octanol–water partition coefficient (Wildman–Crippen LogP) is 1.69. The van der Waals surface area contributed by atoms with Gasteiger partial charge >= 0.3 is 0 Å². The fourth-order valence-electron chi connectivity index (χ4n) is 3.85. The van der Waals surface area contributed by atoms with Crippen molar-refractivity contribution in [3.05, 3.63) is 35.6 Å². The summed E-state index contributed by atoms with van der Waals surface area (Å²) < 4.78 is 13.0. The second-order valence-electron chi connectivity index (χ2n) is 7.00. The Bertz CT molecular complexity index is 534. The standard InChI is InChI=1S/C18H26FN3O/c19-15-7-5-13(6-8-15)9-16-11-22(12-18(23)21-16)10-14-3-1-2-4-17(14)20/h5-8,14,16-17H,1-4,9-12,20H2,(H,21,23)/t14-,16-,17+/m0/s1. The predicted molar refractivity (Wildman–Crippen MR) is 88.4 cm³/mol. The van der Waals surface area contributed by atoms with Crippen molar-refractivity contribution >= 4 is 5.91 Å². The number of rotatable bonds is 4. The van der Waals surface area contributed by atoms with E-state index >= 15 is 0 Å². The van der Waals surface area contributed by atoms with Crippen molar-refractivity contribution < 1.29 is 9.18 Å². The summed E-state index contributed by atoms with van der Waals surface area (Å²) in [6, 6.07) is 6.87. The average Bonchev–Trinajstić information content (AvgIpc) is 2.51. The number of nitrogens with one attached hydrogen (secondary N) is 1. The number of halogens is 1. The van der Waals surface area contributed by atoms with Crippen molar-refractivity contribution in [1.82, 2.24) is 10.2 Å². The lowest BCUT2D eigenvalue weighted by Crippen LogP contribution is -2.56. The normalized spacial score (nSPS) is 29.3. The molecule has 1 aromatic rings. The Labute approximate surface area is 137 Å². The first kappa shape index (κ1) is 16.4. The van der Waals surface area contributed by atoms with Gasteiger partial charge in [0.25, 0.3) is 0 Å². The maximum atomic E-state index is 13.0. The fourth-order valence-corrected chi connectivity index (χ4v) is 3.85. The molecule has 2 fully saturated rings. The number of carbonyl (C=O) groups is 1. The van der Waals surface area contributed by atoms with E-state index in [1.165, 1.54) is 31.4 Å². The summed E-state index contributed by atoms with van der Waals surface area (Å²) >= 11 is 0. The first-order chi connectivity index (χ1) is 11.1. The minimum atomic E-state index is -0.227. The third-order valence-corrected chi connectivity index (χ3v) is 5.07. The van der Waals surface area contributed by atoms with Crippen LogP contribution in [0.25, 0.3) is 0 Å². The second kappa shape index (κ2) is 7.41. The van der Waals surface area contributed by atoms with Crippen LogP contribution in [0.2, 0.25) is 0 Å². The largest absolute Gasteiger partial charge is 0.351 e. The van der Waals surface area contributed by atoms with E-state index in [2.05, 4.69) is 10.2 Å². The maximum Gasteiger partial charge on any atom is 0.234 e. The summed E-state index contributed by atoms with van der Waals surface area (Å²) in [5.74, 6) is 0.350. The van der Waals surface area contributed by atoms with Crippen molar-refractivity contribution in [2.24, 2.45) is 11.7 Å². The molecule has 1 aliphatic heterocycles. The third-order valence-electron chi connectivity index (χ3n) is 5.07. The van der Waals surface area contributed by atoms with Crippen molar-refractivity contribution in [1.29, 1.82) is 0 Å². The molecule has 1 aliphatic carbocycles. The van der Waals surface area contributed by atoms with E-state index < -0.39 is 0 Å². The molecule has 2 aliphatic rings. The molecule has 0 spiro atoms. The van der Waals surface area contributed by atoms with Crippen LogP contribution in [0.5, 0.6) is 0 Å². The molecule has 4 nitrogen and oxygen atoms in total. The van der Waals surface area contributed by atoms with Gasteiger partial charge in [-0.25, -0.2) is 4.39 Å². The van der Waals surface area contributed by atoms with Gasteiger partial charge in [-0.15, -0.1) is 0 Å². The van der Waals surface area contributed by atoms with Crippen molar-refractivity contribution in [2.45, 2.75) is 44.2 Å². The monoisotopic (exact) mass is 319 g/mol. The van der Waals surface area contributed by atoms with E-state index in [0.717, 1.165) is 31.5 Å². The van der Waals surface area contributed by atoms with E-state index in [-0.39, 0.29) is 23.8 Å². The number of carbonyl (C=O) groups excluding carboxylic acids is 1. The molecule has 1 aromatic carbocycles. The highest BCUT2D eigenvalue weighted by Gasteiger charge is 2.29. The molecular formula is C18H26FN3O.